The second-order valence-electron chi connectivity index (χ2n) is 10.2. The van der Waals surface area contributed by atoms with E-state index >= 15 is 0 Å². The third-order valence-electron chi connectivity index (χ3n) is 7.58. The van der Waals surface area contributed by atoms with Gasteiger partial charge in [0.25, 0.3) is 11.5 Å². The number of thiocarbonyl (C=S) groups is 1. The minimum atomic E-state index is -0.224. The number of carbonyl (C=O) groups is 1. The molecule has 3 heterocycles. The maximum atomic E-state index is 13.6. The predicted octanol–water partition coefficient (Wildman–Crippen LogP) is 5.60. The van der Waals surface area contributed by atoms with Gasteiger partial charge in [-0.05, 0) is 56.6 Å². The van der Waals surface area contributed by atoms with Crippen LogP contribution in [0.3, 0.4) is 0 Å². The molecular weight excluding hydrogens is 476 g/mol. The highest BCUT2D eigenvalue weighted by Gasteiger charge is 2.38. The molecule has 1 saturated carbocycles. The number of aromatic nitrogens is 1. The minimum Gasteiger partial charge on any atom is -0.357 e. The monoisotopic (exact) mass is 512 g/mol. The molecule has 3 fully saturated rings. The molecule has 2 saturated heterocycles. The lowest BCUT2D eigenvalue weighted by molar-refractivity contribution is -0.124. The predicted molar refractivity (Wildman–Crippen MR) is 148 cm³/mol. The molecule has 0 N–H and O–H groups in total. The van der Waals surface area contributed by atoms with Crippen molar-refractivity contribution in [2.24, 2.45) is 5.92 Å². The first kappa shape index (κ1) is 26.0. The number of thioether (sulfide) groups is 1. The van der Waals surface area contributed by atoms with E-state index < -0.39 is 0 Å². The average Bonchev–Trinajstić information content (AvgIpc) is 3.13. The number of hydrogen-bond donors (Lipinski definition) is 0. The van der Waals surface area contributed by atoms with Gasteiger partial charge in [-0.25, -0.2) is 0 Å². The number of nitriles is 1. The van der Waals surface area contributed by atoms with Gasteiger partial charge in [0.15, 0.2) is 0 Å². The number of pyridine rings is 1. The van der Waals surface area contributed by atoms with Crippen molar-refractivity contribution < 1.29 is 4.79 Å². The van der Waals surface area contributed by atoms with E-state index in [1.165, 1.54) is 24.6 Å². The molecule has 0 radical (unpaired) electrons. The van der Waals surface area contributed by atoms with Gasteiger partial charge in [0.05, 0.1) is 4.91 Å². The lowest BCUT2D eigenvalue weighted by Crippen LogP contribution is -2.40. The van der Waals surface area contributed by atoms with Gasteiger partial charge >= 0.3 is 0 Å². The van der Waals surface area contributed by atoms with E-state index in [2.05, 4.69) is 24.8 Å². The van der Waals surface area contributed by atoms with Crippen molar-refractivity contribution in [1.29, 1.82) is 5.26 Å². The van der Waals surface area contributed by atoms with Crippen LogP contribution in [0.15, 0.2) is 9.70 Å². The van der Waals surface area contributed by atoms with Crippen LogP contribution in [0.1, 0.15) is 88.3 Å². The summed E-state index contributed by atoms with van der Waals surface area (Å²) in [5.74, 6) is 1.34. The van der Waals surface area contributed by atoms with E-state index in [0.29, 0.717) is 27.3 Å². The van der Waals surface area contributed by atoms with E-state index in [-0.39, 0.29) is 23.1 Å². The summed E-state index contributed by atoms with van der Waals surface area (Å²) in [6.45, 7) is 8.48. The van der Waals surface area contributed by atoms with E-state index in [1.54, 1.807) is 4.57 Å². The van der Waals surface area contributed by atoms with E-state index in [0.717, 1.165) is 69.4 Å². The van der Waals surface area contributed by atoms with Crippen LogP contribution < -0.4 is 10.5 Å². The summed E-state index contributed by atoms with van der Waals surface area (Å²) >= 11 is 7.02. The SMILES string of the molecule is CCCCn1c(N2CCCC(C)C2)c(/C=C2\SC(=S)N(C3CCCCC3)C2=O)c(C)c(C#N)c1=O. The van der Waals surface area contributed by atoms with Crippen LogP contribution in [-0.4, -0.2) is 38.8 Å². The third-order valence-corrected chi connectivity index (χ3v) is 8.91. The van der Waals surface area contributed by atoms with Crippen molar-refractivity contribution in [3.63, 3.8) is 0 Å². The fourth-order valence-corrected chi connectivity index (χ4v) is 7.04. The standard InChI is InChI=1S/C27H36N4O2S2/c1-4-5-14-30-24(29-13-9-10-18(2)17-29)21(19(3)22(16-28)25(30)32)15-23-26(33)31(27(34)35-23)20-11-7-6-8-12-20/h15,18,20H,4-14,17H2,1-3H3/b23-15-. The van der Waals surface area contributed by atoms with Crippen molar-refractivity contribution in [2.75, 3.05) is 18.0 Å². The Hall–Kier alpha value is -2.11. The van der Waals surface area contributed by atoms with Crippen molar-refractivity contribution in [1.82, 2.24) is 9.47 Å². The Morgan fingerprint density at radius 3 is 2.57 bits per heavy atom. The average molecular weight is 513 g/mol. The fraction of sp³-hybridized carbons (Fsp3) is 0.630. The Morgan fingerprint density at radius 2 is 1.91 bits per heavy atom. The zero-order chi connectivity index (χ0) is 25.1. The molecule has 35 heavy (non-hydrogen) atoms. The molecule has 1 aromatic rings. The second-order valence-corrected chi connectivity index (χ2v) is 11.9. The van der Waals surface area contributed by atoms with E-state index in [9.17, 15) is 14.9 Å². The van der Waals surface area contributed by atoms with Crippen molar-refractivity contribution in [3.05, 3.63) is 31.9 Å². The molecule has 3 aliphatic rings. The summed E-state index contributed by atoms with van der Waals surface area (Å²) in [5.41, 5.74) is 1.42. The highest BCUT2D eigenvalue weighted by atomic mass is 32.2. The largest absolute Gasteiger partial charge is 0.357 e. The summed E-state index contributed by atoms with van der Waals surface area (Å²) in [4.78, 5) is 31.7. The Kier molecular flexibility index (Phi) is 8.38. The van der Waals surface area contributed by atoms with Gasteiger partial charge in [0.1, 0.15) is 21.8 Å². The topological polar surface area (TPSA) is 69.3 Å². The normalized spacial score (nSPS) is 22.8. The number of carbonyl (C=O) groups excluding carboxylic acids is 1. The summed E-state index contributed by atoms with van der Waals surface area (Å²) < 4.78 is 2.42. The molecule has 188 valence electrons. The maximum absolute atomic E-state index is 13.6. The molecule has 1 unspecified atom stereocenters. The van der Waals surface area contributed by atoms with Gasteiger partial charge in [-0.15, -0.1) is 0 Å². The molecule has 1 atom stereocenters. The van der Waals surface area contributed by atoms with Crippen LogP contribution in [-0.2, 0) is 11.3 Å². The molecule has 1 aromatic heterocycles. The molecule has 8 heteroatoms. The van der Waals surface area contributed by atoms with Gasteiger partial charge in [-0.3, -0.25) is 19.1 Å². The Bertz CT molecular complexity index is 1130. The first-order valence-electron chi connectivity index (χ1n) is 13.1. The molecule has 0 spiro atoms. The number of nitrogens with zero attached hydrogens (tertiary/aromatic N) is 4. The quantitative estimate of drug-likeness (QED) is 0.365. The second kappa shape index (κ2) is 11.3. The number of piperidine rings is 1. The van der Waals surface area contributed by atoms with Crippen LogP contribution in [0.5, 0.6) is 0 Å². The van der Waals surface area contributed by atoms with Crippen LogP contribution in [0, 0.1) is 24.2 Å². The molecule has 0 bridgehead atoms. The Balaban J connectivity index is 1.85. The number of anilines is 1. The fourth-order valence-electron chi connectivity index (χ4n) is 5.66. The first-order chi connectivity index (χ1) is 16.9. The van der Waals surface area contributed by atoms with Gasteiger partial charge in [-0.2, -0.15) is 5.26 Å². The van der Waals surface area contributed by atoms with Crippen LogP contribution in [0.4, 0.5) is 5.82 Å². The lowest BCUT2D eigenvalue weighted by Gasteiger charge is -2.36. The van der Waals surface area contributed by atoms with Gasteiger partial charge in [0.2, 0.25) is 0 Å². The van der Waals surface area contributed by atoms with Crippen LogP contribution in [0.25, 0.3) is 6.08 Å². The zero-order valence-corrected chi connectivity index (χ0v) is 22.8. The number of unbranched alkanes of at least 4 members (excludes halogenated alkanes) is 1. The maximum Gasteiger partial charge on any atom is 0.270 e. The highest BCUT2D eigenvalue weighted by Crippen LogP contribution is 2.39. The summed E-state index contributed by atoms with van der Waals surface area (Å²) in [7, 11) is 0. The molecule has 0 aromatic carbocycles. The zero-order valence-electron chi connectivity index (χ0n) is 21.1. The smallest absolute Gasteiger partial charge is 0.270 e. The molecule has 2 aliphatic heterocycles. The minimum absolute atomic E-state index is 0.0333. The van der Waals surface area contributed by atoms with E-state index in [4.69, 9.17) is 12.2 Å². The van der Waals surface area contributed by atoms with Crippen LogP contribution >= 0.6 is 24.0 Å². The summed E-state index contributed by atoms with van der Waals surface area (Å²) in [6, 6.07) is 2.34. The van der Waals surface area contributed by atoms with Crippen molar-refractivity contribution in [3.8, 4) is 6.07 Å². The first-order valence-corrected chi connectivity index (χ1v) is 14.3. The summed E-state index contributed by atoms with van der Waals surface area (Å²) in [6.07, 6.45) is 11.4. The van der Waals surface area contributed by atoms with Gasteiger partial charge in [-0.1, -0.05) is 63.5 Å². The van der Waals surface area contributed by atoms with Gasteiger partial charge < -0.3 is 4.90 Å². The molecular formula is C27H36N4O2S2. The summed E-state index contributed by atoms with van der Waals surface area (Å²) in [5, 5.41) is 9.89. The van der Waals surface area contributed by atoms with Crippen molar-refractivity contribution in [2.45, 2.75) is 91.1 Å². The molecule has 1 aliphatic carbocycles. The Labute approximate surface area is 218 Å². The lowest BCUT2D eigenvalue weighted by atomic mass is 9.94. The highest BCUT2D eigenvalue weighted by molar-refractivity contribution is 8.26. The number of rotatable bonds is 6. The third kappa shape index (κ3) is 5.22. The molecule has 4 rings (SSSR count). The number of hydrogen-bond acceptors (Lipinski definition) is 6. The van der Waals surface area contributed by atoms with Crippen molar-refractivity contribution >= 4 is 46.1 Å². The van der Waals surface area contributed by atoms with Crippen LogP contribution in [0.2, 0.25) is 0 Å². The molecule has 1 amide bonds. The Morgan fingerprint density at radius 1 is 1.17 bits per heavy atom. The number of amides is 1. The van der Waals surface area contributed by atoms with E-state index in [1.807, 2.05) is 17.9 Å². The van der Waals surface area contributed by atoms with Gasteiger partial charge in [0, 0.05) is 31.2 Å². The molecule has 6 nitrogen and oxygen atoms in total.